The largest absolute Gasteiger partial charge is 0.458 e. The summed E-state index contributed by atoms with van der Waals surface area (Å²) in [6, 6.07) is 0. The Morgan fingerprint density at radius 2 is 2.00 bits per heavy atom. The Kier molecular flexibility index (Phi) is 2.89. The van der Waals surface area contributed by atoms with E-state index in [9.17, 15) is 9.90 Å². The van der Waals surface area contributed by atoms with Crippen molar-refractivity contribution >= 4 is 5.97 Å². The minimum Gasteiger partial charge on any atom is -0.458 e. The van der Waals surface area contributed by atoms with E-state index in [2.05, 4.69) is 20.8 Å². The van der Waals surface area contributed by atoms with Gasteiger partial charge >= 0.3 is 5.97 Å². The first-order valence-electron chi connectivity index (χ1n) is 7.80. The zero-order valence-corrected chi connectivity index (χ0v) is 13.2. The van der Waals surface area contributed by atoms with E-state index in [1.807, 2.05) is 6.92 Å². The molecule has 0 aromatic carbocycles. The number of aliphatic hydroxyl groups is 1. The maximum Gasteiger partial charge on any atom is 0.303 e. The van der Waals surface area contributed by atoms with E-state index in [4.69, 9.17) is 4.74 Å². The van der Waals surface area contributed by atoms with Gasteiger partial charge < -0.3 is 9.84 Å². The van der Waals surface area contributed by atoms with Gasteiger partial charge in [0.2, 0.25) is 0 Å². The lowest BCUT2D eigenvalue weighted by Gasteiger charge is -2.51. The number of carbonyl (C=O) groups excluding carboxylic acids is 1. The molecular formula is C17H26O3. The second-order valence-electron chi connectivity index (χ2n) is 7.62. The van der Waals surface area contributed by atoms with Crippen LogP contribution in [0.5, 0.6) is 0 Å². The van der Waals surface area contributed by atoms with Crippen molar-refractivity contribution in [3.63, 3.8) is 0 Å². The Bertz CT molecular complexity index is 490. The number of carbonyl (C=O) groups is 1. The molecular weight excluding hydrogens is 252 g/mol. The number of esters is 1. The third kappa shape index (κ3) is 1.42. The Morgan fingerprint density at radius 1 is 1.35 bits per heavy atom. The molecule has 0 radical (unpaired) electrons. The molecule has 3 nitrogen and oxygen atoms in total. The predicted octanol–water partition coefficient (Wildman–Crippen LogP) is 3.07. The van der Waals surface area contributed by atoms with Gasteiger partial charge in [-0.05, 0) is 48.7 Å². The fourth-order valence-corrected chi connectivity index (χ4v) is 5.71. The maximum absolute atomic E-state index is 11.5. The Balaban J connectivity index is 2.19. The van der Waals surface area contributed by atoms with Gasteiger partial charge in [0, 0.05) is 18.3 Å². The molecule has 20 heavy (non-hydrogen) atoms. The number of rotatable bonds is 1. The molecule has 5 unspecified atom stereocenters. The minimum atomic E-state index is -0.371. The third-order valence-electron chi connectivity index (χ3n) is 6.69. The number of hydrogen-bond donors (Lipinski definition) is 1. The summed E-state index contributed by atoms with van der Waals surface area (Å²) in [5.74, 6) is 0.722. The molecule has 112 valence electrons. The van der Waals surface area contributed by atoms with Gasteiger partial charge in [0.15, 0.2) is 0 Å². The van der Waals surface area contributed by atoms with Crippen LogP contribution in [-0.2, 0) is 9.53 Å². The molecule has 3 aliphatic rings. The van der Waals surface area contributed by atoms with Gasteiger partial charge in [-0.15, -0.1) is 0 Å². The van der Waals surface area contributed by atoms with Gasteiger partial charge in [-0.25, -0.2) is 0 Å². The molecule has 2 fully saturated rings. The summed E-state index contributed by atoms with van der Waals surface area (Å²) < 4.78 is 5.73. The molecule has 0 saturated heterocycles. The van der Waals surface area contributed by atoms with E-state index in [1.54, 1.807) is 0 Å². The highest BCUT2D eigenvalue weighted by molar-refractivity contribution is 5.67. The molecule has 2 bridgehead atoms. The van der Waals surface area contributed by atoms with Gasteiger partial charge in [0.25, 0.3) is 0 Å². The fraction of sp³-hybridized carbons (Fsp3) is 0.824. The van der Waals surface area contributed by atoms with Gasteiger partial charge in [-0.3, -0.25) is 4.79 Å². The normalized spacial score (nSPS) is 45.5. The van der Waals surface area contributed by atoms with E-state index in [-0.39, 0.29) is 29.0 Å². The fourth-order valence-electron chi connectivity index (χ4n) is 5.71. The van der Waals surface area contributed by atoms with Crippen LogP contribution in [0, 0.1) is 22.7 Å². The highest BCUT2D eigenvalue weighted by atomic mass is 16.5. The van der Waals surface area contributed by atoms with Crippen LogP contribution in [0.3, 0.4) is 0 Å². The number of hydrogen-bond acceptors (Lipinski definition) is 3. The third-order valence-corrected chi connectivity index (χ3v) is 6.69. The smallest absolute Gasteiger partial charge is 0.303 e. The van der Waals surface area contributed by atoms with Crippen LogP contribution in [-0.4, -0.2) is 23.3 Å². The van der Waals surface area contributed by atoms with Crippen molar-refractivity contribution in [2.45, 2.75) is 66.1 Å². The van der Waals surface area contributed by atoms with Gasteiger partial charge in [-0.1, -0.05) is 20.8 Å². The first-order valence-corrected chi connectivity index (χ1v) is 7.80. The van der Waals surface area contributed by atoms with Gasteiger partial charge in [0.1, 0.15) is 6.10 Å². The molecule has 0 aromatic rings. The molecule has 3 heteroatoms. The lowest BCUT2D eigenvalue weighted by Crippen LogP contribution is -2.46. The molecule has 0 amide bonds. The van der Waals surface area contributed by atoms with Crippen LogP contribution >= 0.6 is 0 Å². The van der Waals surface area contributed by atoms with Crippen molar-refractivity contribution in [3.05, 3.63) is 11.1 Å². The number of ether oxygens (including phenoxy) is 1. The SMILES string of the molecule is CC(=O)OC1C2=C(C)C(O)CC23C(C)CCC1C3(C)C. The van der Waals surface area contributed by atoms with Crippen LogP contribution in [0.4, 0.5) is 0 Å². The van der Waals surface area contributed by atoms with Crippen molar-refractivity contribution in [2.75, 3.05) is 0 Å². The molecule has 3 rings (SSSR count). The van der Waals surface area contributed by atoms with E-state index >= 15 is 0 Å². The van der Waals surface area contributed by atoms with Crippen molar-refractivity contribution < 1.29 is 14.6 Å². The Labute approximate surface area is 121 Å². The second-order valence-corrected chi connectivity index (χ2v) is 7.62. The first-order chi connectivity index (χ1) is 9.23. The van der Waals surface area contributed by atoms with E-state index in [0.29, 0.717) is 11.8 Å². The summed E-state index contributed by atoms with van der Waals surface area (Å²) in [5, 5.41) is 10.4. The standard InChI is InChI=1S/C17H26O3/c1-9-6-7-12-15(20-11(3)18)14-10(2)13(19)8-17(9,14)16(12,4)5/h9,12-13,15,19H,6-8H2,1-5H3. The van der Waals surface area contributed by atoms with Crippen LogP contribution in [0.2, 0.25) is 0 Å². The molecule has 1 N–H and O–H groups in total. The summed E-state index contributed by atoms with van der Waals surface area (Å²) in [5.41, 5.74) is 2.40. The van der Waals surface area contributed by atoms with Crippen molar-refractivity contribution in [1.29, 1.82) is 0 Å². The first kappa shape index (κ1) is 14.1. The topological polar surface area (TPSA) is 46.5 Å². The number of fused-ring (bicyclic) bond motifs is 1. The molecule has 1 spiro atoms. The maximum atomic E-state index is 11.5. The predicted molar refractivity (Wildman–Crippen MR) is 77.0 cm³/mol. The molecule has 3 aliphatic carbocycles. The van der Waals surface area contributed by atoms with E-state index in [1.165, 1.54) is 12.5 Å². The summed E-state index contributed by atoms with van der Waals surface area (Å²) in [4.78, 5) is 11.5. The minimum absolute atomic E-state index is 0.0134. The molecule has 5 atom stereocenters. The van der Waals surface area contributed by atoms with Crippen LogP contribution < -0.4 is 0 Å². The highest BCUT2D eigenvalue weighted by Crippen LogP contribution is 2.73. The summed E-state index contributed by atoms with van der Waals surface area (Å²) >= 11 is 0. The van der Waals surface area contributed by atoms with Crippen LogP contribution in [0.1, 0.15) is 53.9 Å². The van der Waals surface area contributed by atoms with Crippen LogP contribution in [0.15, 0.2) is 11.1 Å². The zero-order valence-electron chi connectivity index (χ0n) is 13.2. The molecule has 2 saturated carbocycles. The quantitative estimate of drug-likeness (QED) is 0.592. The van der Waals surface area contributed by atoms with Gasteiger partial charge in [0.05, 0.1) is 6.10 Å². The van der Waals surface area contributed by atoms with E-state index < -0.39 is 0 Å². The zero-order chi connectivity index (χ0) is 14.9. The summed E-state index contributed by atoms with van der Waals surface area (Å²) in [6.07, 6.45) is 2.58. The second kappa shape index (κ2) is 4.09. The molecule has 0 heterocycles. The molecule has 0 aromatic heterocycles. The van der Waals surface area contributed by atoms with Crippen molar-refractivity contribution in [2.24, 2.45) is 22.7 Å². The van der Waals surface area contributed by atoms with Crippen molar-refractivity contribution in [3.8, 4) is 0 Å². The Hall–Kier alpha value is -0.830. The average molecular weight is 278 g/mol. The lowest BCUT2D eigenvalue weighted by molar-refractivity contribution is -0.148. The van der Waals surface area contributed by atoms with Gasteiger partial charge in [-0.2, -0.15) is 0 Å². The monoisotopic (exact) mass is 278 g/mol. The average Bonchev–Trinajstić information content (AvgIpc) is 2.62. The number of aliphatic hydroxyl groups excluding tert-OH is 1. The lowest BCUT2D eigenvalue weighted by atomic mass is 9.53. The molecule has 0 aliphatic heterocycles. The summed E-state index contributed by atoms with van der Waals surface area (Å²) in [6.45, 7) is 10.4. The van der Waals surface area contributed by atoms with E-state index in [0.717, 1.165) is 24.8 Å². The van der Waals surface area contributed by atoms with Crippen molar-refractivity contribution in [1.82, 2.24) is 0 Å². The van der Waals surface area contributed by atoms with Crippen LogP contribution in [0.25, 0.3) is 0 Å². The highest BCUT2D eigenvalue weighted by Gasteiger charge is 2.69. The Morgan fingerprint density at radius 3 is 2.60 bits per heavy atom. The summed E-state index contributed by atoms with van der Waals surface area (Å²) in [7, 11) is 0.